The Kier molecular flexibility index (Phi) is 4.89. The summed E-state index contributed by atoms with van der Waals surface area (Å²) in [5, 5.41) is 11.1. The van der Waals surface area contributed by atoms with Crippen molar-refractivity contribution in [3.05, 3.63) is 78.7 Å². The fourth-order valence-corrected chi connectivity index (χ4v) is 10.5. The summed E-state index contributed by atoms with van der Waals surface area (Å²) in [6, 6.07) is 15.5. The molecule has 0 radical (unpaired) electrons. The lowest BCUT2D eigenvalue weighted by atomic mass is 9.66. The Morgan fingerprint density at radius 3 is 2.71 bits per heavy atom. The normalized spacial score (nSPS) is 31.8. The van der Waals surface area contributed by atoms with Gasteiger partial charge in [-0.15, -0.1) is 11.8 Å². The van der Waals surface area contributed by atoms with Crippen molar-refractivity contribution in [2.75, 3.05) is 0 Å². The first kappa shape index (κ1) is 21.9. The Balaban J connectivity index is 1.45. The number of carboxylic acids is 1. The number of fused-ring (bicyclic) bond motifs is 6. The topological polar surface area (TPSA) is 85.6 Å². The number of ether oxygens (including phenoxy) is 1. The molecule has 0 unspecified atom stereocenters. The van der Waals surface area contributed by atoms with Crippen LogP contribution in [0.15, 0.2) is 62.8 Å². The molecule has 4 aliphatic rings. The quantitative estimate of drug-likeness (QED) is 0.359. The molecule has 0 saturated heterocycles. The molecule has 2 aliphatic heterocycles. The highest BCUT2D eigenvalue weighted by molar-refractivity contribution is 9.10. The number of carbonyl (C=O) groups is 2. The van der Waals surface area contributed by atoms with E-state index in [1.54, 1.807) is 17.8 Å². The number of esters is 1. The van der Waals surface area contributed by atoms with Gasteiger partial charge in [-0.1, -0.05) is 57.6 Å². The van der Waals surface area contributed by atoms with Crippen LogP contribution < -0.4 is 9.61 Å². The average Bonchev–Trinajstić information content (AvgIpc) is 3.49. The highest BCUT2D eigenvalue weighted by Crippen LogP contribution is 2.68. The van der Waals surface area contributed by atoms with Crippen molar-refractivity contribution in [3.8, 4) is 5.75 Å². The fraction of sp³-hybridized carbons (Fsp3) is 0.346. The zero-order valence-electron chi connectivity index (χ0n) is 18.3. The van der Waals surface area contributed by atoms with Crippen LogP contribution in [0.25, 0.3) is 0 Å². The van der Waals surface area contributed by atoms with Crippen molar-refractivity contribution in [2.24, 2.45) is 29.6 Å². The second kappa shape index (κ2) is 7.82. The molecule has 2 fully saturated rings. The third-order valence-electron chi connectivity index (χ3n) is 8.20. The highest BCUT2D eigenvalue weighted by Gasteiger charge is 2.67. The van der Waals surface area contributed by atoms with Crippen molar-refractivity contribution in [1.82, 2.24) is 4.57 Å². The molecule has 0 amide bonds. The minimum atomic E-state index is -0.926. The molecule has 2 aromatic carbocycles. The summed E-state index contributed by atoms with van der Waals surface area (Å²) in [7, 11) is 0. The summed E-state index contributed by atoms with van der Waals surface area (Å²) in [6.45, 7) is 0.474. The number of carbonyl (C=O) groups excluding carboxylic acids is 1. The summed E-state index contributed by atoms with van der Waals surface area (Å²) >= 11 is 6.52. The van der Waals surface area contributed by atoms with E-state index in [1.807, 2.05) is 47.0 Å². The van der Waals surface area contributed by atoms with Gasteiger partial charge in [-0.05, 0) is 47.9 Å². The molecule has 2 saturated carbocycles. The van der Waals surface area contributed by atoms with Gasteiger partial charge in [0, 0.05) is 26.1 Å². The van der Waals surface area contributed by atoms with E-state index in [-0.39, 0.29) is 33.8 Å². The SMILES string of the molecule is O=C(O)[C@@H]1[C@H]2C[C@H]3[C@@H]1C(=O)Oc1ccc(Br)cc1[C@@H]1c4sc(=O)n(Cc5ccccc5)c4S[C@H]2[C@@H]13. The zero-order valence-corrected chi connectivity index (χ0v) is 21.5. The monoisotopic (exact) mass is 569 g/mol. The summed E-state index contributed by atoms with van der Waals surface area (Å²) in [5.74, 6) is -2.53. The largest absolute Gasteiger partial charge is 0.481 e. The van der Waals surface area contributed by atoms with Crippen LogP contribution in [0.1, 0.15) is 28.3 Å². The van der Waals surface area contributed by atoms with Crippen LogP contribution in [0.5, 0.6) is 5.75 Å². The number of aliphatic carboxylic acids is 1. The molecule has 0 spiro atoms. The van der Waals surface area contributed by atoms with E-state index in [9.17, 15) is 19.5 Å². The summed E-state index contributed by atoms with van der Waals surface area (Å²) in [5.41, 5.74) is 1.94. The van der Waals surface area contributed by atoms with Gasteiger partial charge in [0.05, 0.1) is 23.4 Å². The smallest absolute Gasteiger partial charge is 0.315 e. The number of hydrogen-bond donors (Lipinski definition) is 1. The maximum atomic E-state index is 13.3. The van der Waals surface area contributed by atoms with Crippen LogP contribution in [0, 0.1) is 29.6 Å². The molecule has 2 aliphatic carbocycles. The first-order valence-electron chi connectivity index (χ1n) is 11.6. The van der Waals surface area contributed by atoms with Crippen molar-refractivity contribution >= 4 is 51.0 Å². The Hall–Kier alpha value is -2.36. The van der Waals surface area contributed by atoms with E-state index in [0.717, 1.165) is 25.5 Å². The van der Waals surface area contributed by atoms with Gasteiger partial charge < -0.3 is 9.84 Å². The fourth-order valence-electron chi connectivity index (χ4n) is 6.98. The molecule has 9 heteroatoms. The molecule has 7 rings (SSSR count). The van der Waals surface area contributed by atoms with Crippen LogP contribution in [0.4, 0.5) is 0 Å². The zero-order chi connectivity index (χ0) is 24.0. The van der Waals surface area contributed by atoms with Crippen molar-refractivity contribution < 1.29 is 19.4 Å². The van der Waals surface area contributed by atoms with E-state index >= 15 is 0 Å². The summed E-state index contributed by atoms with van der Waals surface area (Å²) in [6.07, 6.45) is 0.705. The second-order valence-corrected chi connectivity index (χ2v) is 12.9. The lowest BCUT2D eigenvalue weighted by molar-refractivity contribution is -0.156. The van der Waals surface area contributed by atoms with E-state index < -0.39 is 23.8 Å². The van der Waals surface area contributed by atoms with E-state index in [0.29, 0.717) is 18.7 Å². The molecule has 1 aromatic heterocycles. The third kappa shape index (κ3) is 3.10. The molecule has 6 nitrogen and oxygen atoms in total. The van der Waals surface area contributed by atoms with Gasteiger partial charge in [0.25, 0.3) is 0 Å². The molecular weight excluding hydrogens is 550 g/mol. The number of thioether (sulfide) groups is 1. The third-order valence-corrected chi connectivity index (χ3v) is 11.5. The van der Waals surface area contributed by atoms with Crippen molar-refractivity contribution in [3.63, 3.8) is 0 Å². The van der Waals surface area contributed by atoms with Crippen LogP contribution >= 0.6 is 39.0 Å². The standard InChI is InChI=1S/C26H20BrNO5S2/c27-12-6-7-16-13(8-12)17-18-14-9-15(19(24(29)30)20(14)25(31)33-16)21(18)34-23-22(17)35-26(32)28(23)10-11-4-2-1-3-5-11/h1-8,14-15,17-21H,9-10H2,(H,29,30)/t14-,15-,17+,18-,19-,20+,21-/m1/s1. The van der Waals surface area contributed by atoms with Crippen LogP contribution in [-0.4, -0.2) is 26.9 Å². The molecule has 3 heterocycles. The Morgan fingerprint density at radius 1 is 1.14 bits per heavy atom. The van der Waals surface area contributed by atoms with Crippen LogP contribution in [-0.2, 0) is 16.1 Å². The maximum Gasteiger partial charge on any atom is 0.315 e. The van der Waals surface area contributed by atoms with E-state index in [2.05, 4.69) is 15.9 Å². The van der Waals surface area contributed by atoms with Crippen molar-refractivity contribution in [2.45, 2.75) is 29.2 Å². The number of hydrogen-bond acceptors (Lipinski definition) is 6. The van der Waals surface area contributed by atoms with Gasteiger partial charge in [0.1, 0.15) is 5.75 Å². The second-order valence-electron chi connectivity index (χ2n) is 9.80. The van der Waals surface area contributed by atoms with Crippen LogP contribution in [0.3, 0.4) is 0 Å². The first-order chi connectivity index (χ1) is 16.9. The van der Waals surface area contributed by atoms with E-state index in [4.69, 9.17) is 4.74 Å². The molecule has 1 N–H and O–H groups in total. The number of nitrogens with zero attached hydrogens (tertiary/aromatic N) is 1. The number of thiazole rings is 1. The predicted molar refractivity (Wildman–Crippen MR) is 135 cm³/mol. The Bertz CT molecular complexity index is 1450. The molecule has 178 valence electrons. The number of benzene rings is 2. The van der Waals surface area contributed by atoms with Crippen molar-refractivity contribution in [1.29, 1.82) is 0 Å². The molecule has 3 aromatic rings. The van der Waals surface area contributed by atoms with Gasteiger partial charge in [-0.25, -0.2) is 0 Å². The lowest BCUT2D eigenvalue weighted by Crippen LogP contribution is -2.49. The number of carboxylic acid groups (broad SMARTS) is 1. The molecule has 7 atom stereocenters. The number of halogens is 1. The number of rotatable bonds is 3. The molecular formula is C26H20BrNO5S2. The Labute approximate surface area is 217 Å². The first-order valence-corrected chi connectivity index (χ1v) is 14.1. The Morgan fingerprint density at radius 2 is 1.94 bits per heavy atom. The predicted octanol–water partition coefficient (Wildman–Crippen LogP) is 4.83. The maximum absolute atomic E-state index is 13.3. The van der Waals surface area contributed by atoms with E-state index in [1.165, 1.54) is 11.3 Å². The average molecular weight is 570 g/mol. The highest BCUT2D eigenvalue weighted by atomic mass is 79.9. The summed E-state index contributed by atoms with van der Waals surface area (Å²) < 4.78 is 8.61. The van der Waals surface area contributed by atoms with Gasteiger partial charge in [-0.3, -0.25) is 19.0 Å². The van der Waals surface area contributed by atoms with Gasteiger partial charge in [0.15, 0.2) is 0 Å². The molecule has 35 heavy (non-hydrogen) atoms. The lowest BCUT2D eigenvalue weighted by Gasteiger charge is -2.46. The molecule has 2 bridgehead atoms. The van der Waals surface area contributed by atoms with Gasteiger partial charge >= 0.3 is 16.8 Å². The minimum Gasteiger partial charge on any atom is -0.481 e. The summed E-state index contributed by atoms with van der Waals surface area (Å²) in [4.78, 5) is 39.9. The van der Waals surface area contributed by atoms with Gasteiger partial charge in [-0.2, -0.15) is 0 Å². The van der Waals surface area contributed by atoms with Crippen LogP contribution in [0.2, 0.25) is 0 Å². The van der Waals surface area contributed by atoms with Gasteiger partial charge in [0.2, 0.25) is 0 Å². The minimum absolute atomic E-state index is 0.0133. The number of aromatic nitrogens is 1.